The normalized spacial score (nSPS) is 23.8. The number of carbonyl (C=O) groups excluding carboxylic acids is 1. The van der Waals surface area contributed by atoms with Crippen LogP contribution in [0, 0.1) is 25.3 Å². The summed E-state index contributed by atoms with van der Waals surface area (Å²) >= 11 is 6.48. The summed E-state index contributed by atoms with van der Waals surface area (Å²) in [6.07, 6.45) is 6.90. The van der Waals surface area contributed by atoms with Gasteiger partial charge in [-0.1, -0.05) is 43.7 Å². The van der Waals surface area contributed by atoms with Crippen LogP contribution in [0.4, 0.5) is 0 Å². The zero-order valence-electron chi connectivity index (χ0n) is 18.8. The summed E-state index contributed by atoms with van der Waals surface area (Å²) in [5, 5.41) is 0.692. The first-order valence-electron chi connectivity index (χ1n) is 11.1. The lowest BCUT2D eigenvalue weighted by atomic mass is 9.58. The van der Waals surface area contributed by atoms with Gasteiger partial charge in [-0.2, -0.15) is 0 Å². The van der Waals surface area contributed by atoms with Gasteiger partial charge in [0.05, 0.1) is 18.0 Å². The SMILES string of the molecule is [C-]#[N+]C1=C[C@@]2(C)c3nc(-c4ccncc4)nc(-c4ccc(C)c(Cl)c4)c3CC[C@@H]2[C@@H](C)C1=O. The summed E-state index contributed by atoms with van der Waals surface area (Å²) in [6, 6.07) is 9.79. The lowest BCUT2D eigenvalue weighted by Gasteiger charge is -2.46. The number of aromatic nitrogens is 3. The van der Waals surface area contributed by atoms with Crippen LogP contribution in [0.25, 0.3) is 27.5 Å². The van der Waals surface area contributed by atoms with E-state index in [2.05, 4.69) is 16.8 Å². The highest BCUT2D eigenvalue weighted by atomic mass is 35.5. The molecule has 3 atom stereocenters. The molecule has 5 rings (SSSR count). The van der Waals surface area contributed by atoms with Crippen LogP contribution < -0.4 is 0 Å². The Balaban J connectivity index is 1.82. The summed E-state index contributed by atoms with van der Waals surface area (Å²) in [4.78, 5) is 30.5. The summed E-state index contributed by atoms with van der Waals surface area (Å²) in [5.74, 6) is 0.392. The highest BCUT2D eigenvalue weighted by Crippen LogP contribution is 2.51. The van der Waals surface area contributed by atoms with Crippen molar-refractivity contribution in [2.45, 2.75) is 39.0 Å². The summed E-state index contributed by atoms with van der Waals surface area (Å²) in [7, 11) is 0. The summed E-state index contributed by atoms with van der Waals surface area (Å²) < 4.78 is 0. The molecule has 0 N–H and O–H groups in total. The van der Waals surface area contributed by atoms with Gasteiger partial charge in [-0.25, -0.2) is 14.8 Å². The van der Waals surface area contributed by atoms with Crippen molar-refractivity contribution in [2.75, 3.05) is 0 Å². The van der Waals surface area contributed by atoms with E-state index in [0.29, 0.717) is 10.8 Å². The molecule has 0 saturated carbocycles. The number of hydrogen-bond acceptors (Lipinski definition) is 4. The summed E-state index contributed by atoms with van der Waals surface area (Å²) in [6.45, 7) is 13.6. The molecule has 0 spiro atoms. The van der Waals surface area contributed by atoms with Crippen LogP contribution >= 0.6 is 11.6 Å². The Bertz CT molecular complexity index is 1360. The number of rotatable bonds is 2. The first kappa shape index (κ1) is 21.5. The number of halogens is 1. The minimum absolute atomic E-state index is 0.0649. The average Bonchev–Trinajstić information content (AvgIpc) is 2.83. The number of allylic oxidation sites excluding steroid dienone is 2. The van der Waals surface area contributed by atoms with Gasteiger partial charge in [0.15, 0.2) is 11.6 Å². The third-order valence-electron chi connectivity index (χ3n) is 7.20. The topological polar surface area (TPSA) is 60.1 Å². The van der Waals surface area contributed by atoms with Crippen LogP contribution in [0.3, 0.4) is 0 Å². The maximum Gasteiger partial charge on any atom is 0.226 e. The molecule has 5 nitrogen and oxygen atoms in total. The molecule has 33 heavy (non-hydrogen) atoms. The minimum Gasteiger partial charge on any atom is -0.308 e. The van der Waals surface area contributed by atoms with E-state index in [1.165, 1.54) is 0 Å². The molecular weight excluding hydrogens is 432 g/mol. The van der Waals surface area contributed by atoms with Crippen molar-refractivity contribution in [1.29, 1.82) is 0 Å². The molecule has 0 radical (unpaired) electrons. The van der Waals surface area contributed by atoms with E-state index in [1.807, 2.05) is 50.3 Å². The molecule has 0 aliphatic heterocycles. The van der Waals surface area contributed by atoms with Gasteiger partial charge in [0.2, 0.25) is 5.70 Å². The molecule has 0 unspecified atom stereocenters. The van der Waals surface area contributed by atoms with Crippen molar-refractivity contribution in [3.05, 3.63) is 87.8 Å². The lowest BCUT2D eigenvalue weighted by Crippen LogP contribution is -2.46. The molecule has 3 aromatic rings. The van der Waals surface area contributed by atoms with Crippen molar-refractivity contribution >= 4 is 17.4 Å². The van der Waals surface area contributed by atoms with Crippen molar-refractivity contribution < 1.29 is 4.79 Å². The Morgan fingerprint density at radius 1 is 1.15 bits per heavy atom. The van der Waals surface area contributed by atoms with Crippen LogP contribution in [-0.4, -0.2) is 20.7 Å². The Morgan fingerprint density at radius 3 is 2.61 bits per heavy atom. The fourth-order valence-corrected chi connectivity index (χ4v) is 5.53. The zero-order valence-corrected chi connectivity index (χ0v) is 19.5. The smallest absolute Gasteiger partial charge is 0.226 e. The third-order valence-corrected chi connectivity index (χ3v) is 7.61. The number of ketones is 1. The first-order valence-corrected chi connectivity index (χ1v) is 11.4. The molecule has 0 fully saturated rings. The standard InChI is InChI=1S/C27H23ClN4O/c1-15-5-6-18(13-21(15)28)23-19-7-8-20-16(2)24(33)22(29-4)14-27(20,3)25(19)32-26(31-23)17-9-11-30-12-10-17/h5-6,9-14,16,20H,7-8H2,1-3H3/t16-,20-,27-/m1/s1. The van der Waals surface area contributed by atoms with E-state index >= 15 is 0 Å². The highest BCUT2D eigenvalue weighted by molar-refractivity contribution is 6.31. The van der Waals surface area contributed by atoms with Gasteiger partial charge >= 0.3 is 0 Å². The largest absolute Gasteiger partial charge is 0.308 e. The molecule has 1 aromatic carbocycles. The number of benzene rings is 1. The minimum atomic E-state index is -0.533. The predicted octanol–water partition coefficient (Wildman–Crippen LogP) is 6.01. The lowest BCUT2D eigenvalue weighted by molar-refractivity contribution is -0.121. The van der Waals surface area contributed by atoms with Gasteiger partial charge in [0.25, 0.3) is 0 Å². The molecule has 6 heteroatoms. The van der Waals surface area contributed by atoms with E-state index in [4.69, 9.17) is 28.1 Å². The average molecular weight is 455 g/mol. The van der Waals surface area contributed by atoms with E-state index in [1.54, 1.807) is 12.4 Å². The molecular formula is C27H23ClN4O. The fraction of sp³-hybridized carbons (Fsp3) is 0.296. The van der Waals surface area contributed by atoms with Crippen LogP contribution in [-0.2, 0) is 16.6 Å². The van der Waals surface area contributed by atoms with Crippen molar-refractivity contribution in [3.8, 4) is 22.6 Å². The maximum absolute atomic E-state index is 12.8. The second kappa shape index (κ2) is 7.90. The molecule has 2 aliphatic carbocycles. The number of pyridine rings is 1. The summed E-state index contributed by atoms with van der Waals surface area (Å²) in [5.41, 5.74) is 5.31. The first-order chi connectivity index (χ1) is 15.8. The van der Waals surface area contributed by atoms with Crippen LogP contribution in [0.1, 0.15) is 37.1 Å². The quantitative estimate of drug-likeness (QED) is 0.445. The van der Waals surface area contributed by atoms with Gasteiger partial charge < -0.3 is 4.79 Å². The molecule has 164 valence electrons. The van der Waals surface area contributed by atoms with Gasteiger partial charge in [-0.15, -0.1) is 0 Å². The van der Waals surface area contributed by atoms with Crippen molar-refractivity contribution in [2.24, 2.45) is 11.8 Å². The monoisotopic (exact) mass is 454 g/mol. The second-order valence-corrected chi connectivity index (χ2v) is 9.55. The van der Waals surface area contributed by atoms with Crippen LogP contribution in [0.15, 0.2) is 54.5 Å². The van der Waals surface area contributed by atoms with Crippen molar-refractivity contribution in [1.82, 2.24) is 15.0 Å². The van der Waals surface area contributed by atoms with Gasteiger partial charge in [-0.3, -0.25) is 4.98 Å². The predicted molar refractivity (Wildman–Crippen MR) is 128 cm³/mol. The number of hydrogen-bond donors (Lipinski definition) is 0. The number of fused-ring (bicyclic) bond motifs is 3. The number of carbonyl (C=O) groups is 1. The Hall–Kier alpha value is -3.36. The van der Waals surface area contributed by atoms with Crippen LogP contribution in [0.2, 0.25) is 5.02 Å². The molecule has 0 amide bonds. The molecule has 0 bridgehead atoms. The second-order valence-electron chi connectivity index (χ2n) is 9.14. The number of nitrogens with zero attached hydrogens (tertiary/aromatic N) is 4. The van der Waals surface area contributed by atoms with E-state index in [9.17, 15) is 4.79 Å². The van der Waals surface area contributed by atoms with Crippen molar-refractivity contribution in [3.63, 3.8) is 0 Å². The maximum atomic E-state index is 12.8. The van der Waals surface area contributed by atoms with E-state index in [-0.39, 0.29) is 23.3 Å². The zero-order chi connectivity index (χ0) is 23.3. The molecule has 2 heterocycles. The third kappa shape index (κ3) is 3.37. The van der Waals surface area contributed by atoms with Gasteiger partial charge in [-0.05, 0) is 49.4 Å². The van der Waals surface area contributed by atoms with Gasteiger partial charge in [0, 0.05) is 45.4 Å². The Kier molecular flexibility index (Phi) is 5.14. The highest BCUT2D eigenvalue weighted by Gasteiger charge is 2.49. The number of Topliss-reactive ketones (excluding diaryl/α,β-unsaturated/α-hetero) is 1. The van der Waals surface area contributed by atoms with E-state index < -0.39 is 5.41 Å². The van der Waals surface area contributed by atoms with Crippen LogP contribution in [0.5, 0.6) is 0 Å². The Morgan fingerprint density at radius 2 is 1.91 bits per heavy atom. The molecule has 0 saturated heterocycles. The molecule has 2 aromatic heterocycles. The Labute approximate surface area is 198 Å². The fourth-order valence-electron chi connectivity index (χ4n) is 5.35. The number of aryl methyl sites for hydroxylation is 1. The molecule has 2 aliphatic rings. The van der Waals surface area contributed by atoms with E-state index in [0.717, 1.165) is 46.5 Å². The van der Waals surface area contributed by atoms with Gasteiger partial charge in [0.1, 0.15) is 0 Å².